The Morgan fingerprint density at radius 2 is 1.97 bits per heavy atom. The Balaban J connectivity index is 2.12. The summed E-state index contributed by atoms with van der Waals surface area (Å²) in [5.74, 6) is 0.412. The Kier molecular flexibility index (Phi) is 6.33. The number of thioether (sulfide) groups is 1. The van der Waals surface area contributed by atoms with Crippen molar-refractivity contribution in [3.63, 3.8) is 0 Å². The van der Waals surface area contributed by atoms with Gasteiger partial charge in [-0.15, -0.1) is 0 Å². The number of rotatable bonds is 6. The van der Waals surface area contributed by atoms with Gasteiger partial charge in [0, 0.05) is 16.8 Å². The normalized spacial score (nSPS) is 12.0. The minimum Gasteiger partial charge on any atom is -0.465 e. The van der Waals surface area contributed by atoms with Gasteiger partial charge in [0.05, 0.1) is 24.1 Å². The summed E-state index contributed by atoms with van der Waals surface area (Å²) in [6.07, 6.45) is 0. The highest BCUT2D eigenvalue weighted by atomic mass is 32.2. The van der Waals surface area contributed by atoms with Crippen molar-refractivity contribution in [2.75, 3.05) is 18.2 Å². The number of carbonyl (C=O) groups excluding carboxylic acids is 1. The number of hydrogen-bond donors (Lipinski definition) is 1. The number of ether oxygens (including phenoxy) is 1. The van der Waals surface area contributed by atoms with Crippen LogP contribution in [0.25, 0.3) is 11.0 Å². The molecule has 0 spiro atoms. The monoisotopic (exact) mass is 411 g/mol. The number of anilines is 1. The van der Waals surface area contributed by atoms with Crippen LogP contribution >= 0.6 is 11.8 Å². The molecule has 0 aliphatic heterocycles. The summed E-state index contributed by atoms with van der Waals surface area (Å²) in [5.41, 5.74) is 4.18. The molecule has 152 valence electrons. The number of hydrogen-bond acceptors (Lipinski definition) is 6. The molecule has 0 radical (unpaired) electrons. The van der Waals surface area contributed by atoms with Crippen molar-refractivity contribution in [1.29, 1.82) is 0 Å². The Morgan fingerprint density at radius 3 is 2.66 bits per heavy atom. The van der Waals surface area contributed by atoms with Gasteiger partial charge in [-0.3, -0.25) is 4.79 Å². The zero-order chi connectivity index (χ0) is 21.1. The molecule has 6 heteroatoms. The van der Waals surface area contributed by atoms with Crippen molar-refractivity contribution in [3.8, 4) is 0 Å². The average molecular weight is 412 g/mol. The highest BCUT2D eigenvalue weighted by Crippen LogP contribution is 2.32. The van der Waals surface area contributed by atoms with Crippen LogP contribution < -0.4 is 10.7 Å². The first-order valence-electron chi connectivity index (χ1n) is 9.52. The predicted octanol–water partition coefficient (Wildman–Crippen LogP) is 5.48. The molecule has 1 N–H and O–H groups in total. The largest absolute Gasteiger partial charge is 0.465 e. The van der Waals surface area contributed by atoms with E-state index in [0.29, 0.717) is 32.9 Å². The maximum Gasteiger partial charge on any atom is 0.339 e. The van der Waals surface area contributed by atoms with Crippen LogP contribution in [0.4, 0.5) is 5.69 Å². The van der Waals surface area contributed by atoms with Crippen LogP contribution in [-0.4, -0.2) is 18.8 Å². The van der Waals surface area contributed by atoms with Crippen LogP contribution in [0.15, 0.2) is 50.7 Å². The lowest BCUT2D eigenvalue weighted by Gasteiger charge is -2.20. The van der Waals surface area contributed by atoms with Gasteiger partial charge in [-0.25, -0.2) is 4.79 Å². The first-order valence-corrected chi connectivity index (χ1v) is 10.5. The Hall–Kier alpha value is -2.73. The molecule has 0 bridgehead atoms. The van der Waals surface area contributed by atoms with E-state index in [9.17, 15) is 9.59 Å². The molecule has 0 saturated heterocycles. The molecule has 3 rings (SSSR count). The van der Waals surface area contributed by atoms with E-state index in [-0.39, 0.29) is 11.5 Å². The summed E-state index contributed by atoms with van der Waals surface area (Å²) in [5, 5.41) is 4.60. The molecule has 1 unspecified atom stereocenters. The number of nitrogens with one attached hydrogen (secondary N) is 1. The molecule has 0 aliphatic rings. The molecule has 0 saturated carbocycles. The summed E-state index contributed by atoms with van der Waals surface area (Å²) >= 11 is 1.52. The van der Waals surface area contributed by atoms with Gasteiger partial charge in [0.25, 0.3) is 0 Å². The van der Waals surface area contributed by atoms with Crippen LogP contribution in [0.2, 0.25) is 0 Å². The van der Waals surface area contributed by atoms with Crippen molar-refractivity contribution in [1.82, 2.24) is 0 Å². The van der Waals surface area contributed by atoms with Gasteiger partial charge in [-0.1, -0.05) is 36.9 Å². The van der Waals surface area contributed by atoms with E-state index in [1.165, 1.54) is 18.9 Å². The number of benzene rings is 2. The number of methoxy groups -OCH3 is 1. The molecule has 5 nitrogen and oxygen atoms in total. The summed E-state index contributed by atoms with van der Waals surface area (Å²) in [4.78, 5) is 25.0. The molecular weight excluding hydrogens is 386 g/mol. The van der Waals surface area contributed by atoms with Gasteiger partial charge in [0.2, 0.25) is 0 Å². The number of carbonyl (C=O) groups is 1. The highest BCUT2D eigenvalue weighted by molar-refractivity contribution is 7.99. The van der Waals surface area contributed by atoms with Crippen LogP contribution in [0.1, 0.15) is 46.9 Å². The second kappa shape index (κ2) is 8.74. The Morgan fingerprint density at radius 1 is 1.24 bits per heavy atom. The molecule has 0 fully saturated rings. The van der Waals surface area contributed by atoms with E-state index < -0.39 is 5.97 Å². The summed E-state index contributed by atoms with van der Waals surface area (Å²) < 4.78 is 11.1. The minimum absolute atomic E-state index is 0.00527. The minimum atomic E-state index is -0.404. The van der Waals surface area contributed by atoms with Crippen molar-refractivity contribution < 1.29 is 13.9 Å². The zero-order valence-electron chi connectivity index (χ0n) is 17.3. The summed E-state index contributed by atoms with van der Waals surface area (Å²) in [6.45, 7) is 7.77. The van der Waals surface area contributed by atoms with Crippen LogP contribution in [0, 0.1) is 13.8 Å². The smallest absolute Gasteiger partial charge is 0.339 e. The third kappa shape index (κ3) is 4.17. The first-order chi connectivity index (χ1) is 13.9. The fourth-order valence-corrected chi connectivity index (χ4v) is 4.06. The first kappa shape index (κ1) is 21.0. The lowest BCUT2D eigenvalue weighted by atomic mass is 10.00. The van der Waals surface area contributed by atoms with Crippen LogP contribution in [0.3, 0.4) is 0 Å². The molecule has 0 aliphatic carbocycles. The summed E-state index contributed by atoms with van der Waals surface area (Å²) in [6, 6.07) is 10.9. The predicted molar refractivity (Wildman–Crippen MR) is 118 cm³/mol. The molecule has 3 aromatic rings. The van der Waals surface area contributed by atoms with Gasteiger partial charge >= 0.3 is 5.97 Å². The molecule has 1 atom stereocenters. The van der Waals surface area contributed by atoms with E-state index in [4.69, 9.17) is 9.15 Å². The zero-order valence-corrected chi connectivity index (χ0v) is 18.1. The van der Waals surface area contributed by atoms with Gasteiger partial charge < -0.3 is 14.5 Å². The highest BCUT2D eigenvalue weighted by Gasteiger charge is 2.19. The molecule has 2 aromatic carbocycles. The van der Waals surface area contributed by atoms with E-state index in [1.54, 1.807) is 19.1 Å². The van der Waals surface area contributed by atoms with Crippen molar-refractivity contribution in [2.24, 2.45) is 0 Å². The molecule has 29 heavy (non-hydrogen) atoms. The quantitative estimate of drug-likeness (QED) is 0.428. The van der Waals surface area contributed by atoms with Gasteiger partial charge in [0.1, 0.15) is 5.58 Å². The maximum atomic E-state index is 12.9. The van der Waals surface area contributed by atoms with Crippen molar-refractivity contribution in [3.05, 3.63) is 68.9 Å². The fourth-order valence-electron chi connectivity index (χ4n) is 3.35. The lowest BCUT2D eigenvalue weighted by molar-refractivity contribution is 0.0602. The van der Waals surface area contributed by atoms with Gasteiger partial charge in [-0.2, -0.15) is 0 Å². The van der Waals surface area contributed by atoms with Gasteiger partial charge in [-0.05, 0) is 50.3 Å². The fraction of sp³-hybridized carbons (Fsp3) is 0.304. The standard InChI is InChI=1S/C23H25NO4S/c1-6-29-23-14(3)20(25)18-12-13(2)11-17(21(18)28-23)15(4)24-19-10-8-7-9-16(19)22(26)27-5/h7-12,15,24H,6H2,1-5H3. The molecule has 1 aromatic heterocycles. The molecule has 1 heterocycles. The SMILES string of the molecule is CCSc1oc2c(C(C)Nc3ccccc3C(=O)OC)cc(C)cc2c(=O)c1C. The number of para-hydroxylation sites is 1. The summed E-state index contributed by atoms with van der Waals surface area (Å²) in [7, 11) is 1.36. The van der Waals surface area contributed by atoms with E-state index >= 15 is 0 Å². The second-order valence-electron chi connectivity index (χ2n) is 6.91. The van der Waals surface area contributed by atoms with E-state index in [2.05, 4.69) is 5.32 Å². The average Bonchev–Trinajstić information content (AvgIpc) is 2.71. The third-order valence-corrected chi connectivity index (χ3v) is 5.73. The Labute approximate surface area is 174 Å². The van der Waals surface area contributed by atoms with Crippen LogP contribution in [0.5, 0.6) is 0 Å². The van der Waals surface area contributed by atoms with Crippen molar-refractivity contribution in [2.45, 2.75) is 38.8 Å². The van der Waals surface area contributed by atoms with E-state index in [0.717, 1.165) is 16.9 Å². The molecular formula is C23H25NO4S. The van der Waals surface area contributed by atoms with Gasteiger partial charge in [0.15, 0.2) is 10.5 Å². The number of aryl methyl sites for hydroxylation is 1. The van der Waals surface area contributed by atoms with Crippen LogP contribution in [-0.2, 0) is 4.74 Å². The Bertz CT molecular complexity index is 1120. The third-order valence-electron chi connectivity index (χ3n) is 4.79. The van der Waals surface area contributed by atoms with E-state index in [1.807, 2.05) is 45.0 Å². The topological polar surface area (TPSA) is 68.5 Å². The molecule has 0 amide bonds. The second-order valence-corrected chi connectivity index (χ2v) is 8.15. The van der Waals surface area contributed by atoms with Crippen molar-refractivity contribution >= 4 is 34.4 Å². The number of fused-ring (bicyclic) bond motifs is 1. The number of esters is 1. The maximum absolute atomic E-state index is 12.9. The lowest BCUT2D eigenvalue weighted by Crippen LogP contribution is -2.14.